The second-order valence-electron chi connectivity index (χ2n) is 7.83. The Labute approximate surface area is 141 Å². The van der Waals surface area contributed by atoms with Gasteiger partial charge in [-0.1, -0.05) is 45.0 Å². The number of likely N-dealkylation sites (tertiary alicyclic amines) is 1. The number of benzene rings is 1. The summed E-state index contributed by atoms with van der Waals surface area (Å²) in [7, 11) is 2.00. The maximum Gasteiger partial charge on any atom is 0.222 e. The SMILES string of the molecule is CNCC1CCN(C(=O)CCc2ccc(C(C)(C)C)cc2)CC1. The average Bonchev–Trinajstić information content (AvgIpc) is 2.53. The molecule has 0 aromatic heterocycles. The van der Waals surface area contributed by atoms with Crippen LogP contribution in [-0.4, -0.2) is 37.5 Å². The van der Waals surface area contributed by atoms with Gasteiger partial charge in [-0.05, 0) is 55.3 Å². The van der Waals surface area contributed by atoms with Gasteiger partial charge < -0.3 is 10.2 Å². The molecular formula is C20H32N2O. The molecule has 0 atom stereocenters. The third-order valence-corrected chi connectivity index (χ3v) is 4.91. The van der Waals surface area contributed by atoms with Gasteiger partial charge in [0.2, 0.25) is 5.91 Å². The number of amides is 1. The van der Waals surface area contributed by atoms with E-state index in [0.717, 1.165) is 44.8 Å². The minimum atomic E-state index is 0.187. The standard InChI is InChI=1S/C20H32N2O/c1-20(2,3)18-8-5-16(6-9-18)7-10-19(23)22-13-11-17(12-14-22)15-21-4/h5-6,8-9,17,21H,7,10-15H2,1-4H3. The summed E-state index contributed by atoms with van der Waals surface area (Å²) >= 11 is 0. The van der Waals surface area contributed by atoms with E-state index in [2.05, 4.69) is 55.3 Å². The van der Waals surface area contributed by atoms with E-state index in [1.54, 1.807) is 0 Å². The molecule has 3 heteroatoms. The number of rotatable bonds is 5. The van der Waals surface area contributed by atoms with Crippen molar-refractivity contribution < 1.29 is 4.79 Å². The predicted octanol–water partition coefficient (Wildman–Crippen LogP) is 3.37. The number of nitrogens with one attached hydrogen (secondary N) is 1. The molecular weight excluding hydrogens is 284 g/mol. The Morgan fingerprint density at radius 1 is 1.17 bits per heavy atom. The summed E-state index contributed by atoms with van der Waals surface area (Å²) in [5, 5.41) is 3.24. The van der Waals surface area contributed by atoms with E-state index in [9.17, 15) is 4.79 Å². The first-order valence-corrected chi connectivity index (χ1v) is 8.92. The van der Waals surface area contributed by atoms with Crippen LogP contribution in [0.2, 0.25) is 0 Å². The number of carbonyl (C=O) groups excluding carboxylic acids is 1. The molecule has 0 unspecified atom stereocenters. The molecule has 1 saturated heterocycles. The van der Waals surface area contributed by atoms with E-state index in [-0.39, 0.29) is 5.41 Å². The number of aryl methyl sites for hydroxylation is 1. The van der Waals surface area contributed by atoms with Gasteiger partial charge >= 0.3 is 0 Å². The summed E-state index contributed by atoms with van der Waals surface area (Å²) in [5.74, 6) is 1.04. The van der Waals surface area contributed by atoms with Gasteiger partial charge in [-0.15, -0.1) is 0 Å². The highest BCUT2D eigenvalue weighted by atomic mass is 16.2. The normalized spacial score (nSPS) is 16.6. The maximum absolute atomic E-state index is 12.4. The van der Waals surface area contributed by atoms with Gasteiger partial charge in [0.05, 0.1) is 0 Å². The van der Waals surface area contributed by atoms with Gasteiger partial charge in [0.15, 0.2) is 0 Å². The predicted molar refractivity (Wildman–Crippen MR) is 96.7 cm³/mol. The highest BCUT2D eigenvalue weighted by Crippen LogP contribution is 2.23. The first-order chi connectivity index (χ1) is 10.9. The zero-order valence-corrected chi connectivity index (χ0v) is 15.2. The van der Waals surface area contributed by atoms with Crippen molar-refractivity contribution in [3.63, 3.8) is 0 Å². The van der Waals surface area contributed by atoms with Crippen LogP contribution in [0.3, 0.4) is 0 Å². The van der Waals surface area contributed by atoms with E-state index in [0.29, 0.717) is 12.3 Å². The Balaban J connectivity index is 1.78. The smallest absolute Gasteiger partial charge is 0.222 e. The van der Waals surface area contributed by atoms with Crippen molar-refractivity contribution in [2.45, 2.75) is 51.9 Å². The number of nitrogens with zero attached hydrogens (tertiary/aromatic N) is 1. The van der Waals surface area contributed by atoms with Gasteiger partial charge in [-0.25, -0.2) is 0 Å². The van der Waals surface area contributed by atoms with Gasteiger partial charge in [0.25, 0.3) is 0 Å². The molecule has 0 bridgehead atoms. The fourth-order valence-corrected chi connectivity index (χ4v) is 3.26. The second kappa shape index (κ2) is 7.96. The van der Waals surface area contributed by atoms with E-state index >= 15 is 0 Å². The molecule has 1 aromatic rings. The van der Waals surface area contributed by atoms with Crippen LogP contribution in [0.25, 0.3) is 0 Å². The summed E-state index contributed by atoms with van der Waals surface area (Å²) in [4.78, 5) is 14.4. The third-order valence-electron chi connectivity index (χ3n) is 4.91. The molecule has 0 saturated carbocycles. The molecule has 2 rings (SSSR count). The summed E-state index contributed by atoms with van der Waals surface area (Å²) in [6, 6.07) is 8.74. The molecule has 3 nitrogen and oxygen atoms in total. The van der Waals surface area contributed by atoms with Crippen LogP contribution in [-0.2, 0) is 16.6 Å². The Kier molecular flexibility index (Phi) is 6.23. The minimum absolute atomic E-state index is 0.187. The number of piperidine rings is 1. The van der Waals surface area contributed by atoms with E-state index < -0.39 is 0 Å². The molecule has 0 radical (unpaired) electrons. The van der Waals surface area contributed by atoms with Crippen molar-refractivity contribution in [3.8, 4) is 0 Å². The molecule has 0 spiro atoms. The Hall–Kier alpha value is -1.35. The van der Waals surface area contributed by atoms with Gasteiger partial charge in [-0.2, -0.15) is 0 Å². The first-order valence-electron chi connectivity index (χ1n) is 8.92. The Morgan fingerprint density at radius 2 is 1.78 bits per heavy atom. The van der Waals surface area contributed by atoms with Crippen molar-refractivity contribution in [1.82, 2.24) is 10.2 Å². The van der Waals surface area contributed by atoms with Crippen molar-refractivity contribution in [1.29, 1.82) is 0 Å². The number of hydrogen-bond acceptors (Lipinski definition) is 2. The zero-order chi connectivity index (χ0) is 16.9. The van der Waals surface area contributed by atoms with Crippen molar-refractivity contribution >= 4 is 5.91 Å². The van der Waals surface area contributed by atoms with E-state index in [4.69, 9.17) is 0 Å². The molecule has 0 aliphatic carbocycles. The van der Waals surface area contributed by atoms with Crippen LogP contribution in [0.15, 0.2) is 24.3 Å². The number of carbonyl (C=O) groups is 1. The summed E-state index contributed by atoms with van der Waals surface area (Å²) in [6.45, 7) is 9.60. The fourth-order valence-electron chi connectivity index (χ4n) is 3.26. The average molecular weight is 316 g/mol. The molecule has 23 heavy (non-hydrogen) atoms. The van der Waals surface area contributed by atoms with Crippen molar-refractivity contribution in [2.24, 2.45) is 5.92 Å². The van der Waals surface area contributed by atoms with Crippen molar-refractivity contribution in [2.75, 3.05) is 26.7 Å². The molecule has 1 N–H and O–H groups in total. The van der Waals surface area contributed by atoms with E-state index in [1.165, 1.54) is 11.1 Å². The number of hydrogen-bond donors (Lipinski definition) is 1. The minimum Gasteiger partial charge on any atom is -0.343 e. The molecule has 1 fully saturated rings. The lowest BCUT2D eigenvalue weighted by Gasteiger charge is -2.32. The second-order valence-corrected chi connectivity index (χ2v) is 7.83. The topological polar surface area (TPSA) is 32.3 Å². The lowest BCUT2D eigenvalue weighted by molar-refractivity contribution is -0.132. The van der Waals surface area contributed by atoms with E-state index in [1.807, 2.05) is 7.05 Å². The fraction of sp³-hybridized carbons (Fsp3) is 0.650. The summed E-state index contributed by atoms with van der Waals surface area (Å²) in [5.41, 5.74) is 2.79. The molecule has 1 aliphatic heterocycles. The van der Waals surface area contributed by atoms with Crippen LogP contribution in [0.1, 0.15) is 51.2 Å². The highest BCUT2D eigenvalue weighted by Gasteiger charge is 2.22. The molecule has 128 valence electrons. The maximum atomic E-state index is 12.4. The first kappa shape index (κ1) is 18.0. The lowest BCUT2D eigenvalue weighted by atomic mass is 9.86. The largest absolute Gasteiger partial charge is 0.343 e. The highest BCUT2D eigenvalue weighted by molar-refractivity contribution is 5.76. The molecule has 1 heterocycles. The lowest BCUT2D eigenvalue weighted by Crippen LogP contribution is -2.40. The van der Waals surface area contributed by atoms with Crippen LogP contribution in [0.4, 0.5) is 0 Å². The van der Waals surface area contributed by atoms with Crippen LogP contribution in [0.5, 0.6) is 0 Å². The third kappa shape index (κ3) is 5.35. The van der Waals surface area contributed by atoms with Gasteiger partial charge in [0.1, 0.15) is 0 Å². The zero-order valence-electron chi connectivity index (χ0n) is 15.2. The molecule has 1 amide bonds. The van der Waals surface area contributed by atoms with Crippen LogP contribution in [0, 0.1) is 5.92 Å². The molecule has 1 aliphatic rings. The van der Waals surface area contributed by atoms with Gasteiger partial charge in [0, 0.05) is 19.5 Å². The van der Waals surface area contributed by atoms with Crippen molar-refractivity contribution in [3.05, 3.63) is 35.4 Å². The monoisotopic (exact) mass is 316 g/mol. The summed E-state index contributed by atoms with van der Waals surface area (Å²) in [6.07, 6.45) is 3.74. The molecule has 1 aromatic carbocycles. The quantitative estimate of drug-likeness (QED) is 0.903. The Morgan fingerprint density at radius 3 is 2.30 bits per heavy atom. The van der Waals surface area contributed by atoms with Crippen LogP contribution >= 0.6 is 0 Å². The Bertz CT molecular complexity index is 493. The van der Waals surface area contributed by atoms with Crippen LogP contribution < -0.4 is 5.32 Å². The van der Waals surface area contributed by atoms with Gasteiger partial charge in [-0.3, -0.25) is 4.79 Å². The summed E-state index contributed by atoms with van der Waals surface area (Å²) < 4.78 is 0.